The Morgan fingerprint density at radius 2 is 2.28 bits per heavy atom. The summed E-state index contributed by atoms with van der Waals surface area (Å²) in [5.74, 6) is 2.00. The zero-order valence-corrected chi connectivity index (χ0v) is 11.1. The van der Waals surface area contributed by atoms with E-state index < -0.39 is 0 Å². The molecule has 2 unspecified atom stereocenters. The molecule has 0 saturated carbocycles. The van der Waals surface area contributed by atoms with Crippen LogP contribution >= 0.6 is 0 Å². The van der Waals surface area contributed by atoms with E-state index in [4.69, 9.17) is 4.42 Å². The smallest absolute Gasteiger partial charge is 0.149 e. The van der Waals surface area contributed by atoms with Gasteiger partial charge in [-0.15, -0.1) is 10.2 Å². The second kappa shape index (κ2) is 5.82. The molecule has 1 N–H and O–H groups in total. The fraction of sp³-hybridized carbons (Fsp3) is 0.538. The lowest BCUT2D eigenvalue weighted by molar-refractivity contribution is 0.417. The number of nitrogens with zero attached hydrogens (tertiary/aromatic N) is 3. The molecular formula is C13H20N4O. The number of aryl methyl sites for hydroxylation is 2. The van der Waals surface area contributed by atoms with Gasteiger partial charge in [0.1, 0.15) is 17.9 Å². The van der Waals surface area contributed by atoms with Crippen molar-refractivity contribution in [2.75, 3.05) is 0 Å². The Kier molecular flexibility index (Phi) is 4.15. The van der Waals surface area contributed by atoms with Crippen molar-refractivity contribution in [1.29, 1.82) is 0 Å². The summed E-state index contributed by atoms with van der Waals surface area (Å²) in [6, 6.07) is 4.54. The maximum atomic E-state index is 5.33. The van der Waals surface area contributed by atoms with Crippen molar-refractivity contribution >= 4 is 0 Å². The molecule has 0 bridgehead atoms. The molecule has 5 nitrogen and oxygen atoms in total. The molecule has 98 valence electrons. The van der Waals surface area contributed by atoms with E-state index in [1.165, 1.54) is 0 Å². The van der Waals surface area contributed by atoms with Gasteiger partial charge in [-0.25, -0.2) is 0 Å². The van der Waals surface area contributed by atoms with Crippen LogP contribution in [0.15, 0.2) is 29.1 Å². The third-order valence-electron chi connectivity index (χ3n) is 3.07. The molecule has 2 atom stereocenters. The lowest BCUT2D eigenvalue weighted by Gasteiger charge is -2.18. The van der Waals surface area contributed by atoms with Gasteiger partial charge in [0.15, 0.2) is 0 Å². The molecule has 2 heterocycles. The summed E-state index contributed by atoms with van der Waals surface area (Å²) in [6.07, 6.45) is 5.43. The highest BCUT2D eigenvalue weighted by Crippen LogP contribution is 2.11. The zero-order chi connectivity index (χ0) is 13.0. The summed E-state index contributed by atoms with van der Waals surface area (Å²) in [4.78, 5) is 0. The number of rotatable bonds is 6. The molecule has 0 saturated heterocycles. The molecule has 0 aliphatic heterocycles. The fourth-order valence-corrected chi connectivity index (χ4v) is 2.08. The summed E-state index contributed by atoms with van der Waals surface area (Å²) in [7, 11) is 1.96. The third kappa shape index (κ3) is 3.20. The van der Waals surface area contributed by atoms with Crippen LogP contribution in [0.25, 0.3) is 0 Å². The minimum Gasteiger partial charge on any atom is -0.469 e. The molecule has 18 heavy (non-hydrogen) atoms. The summed E-state index contributed by atoms with van der Waals surface area (Å²) in [5.41, 5.74) is 0. The molecular weight excluding hydrogens is 228 g/mol. The minimum absolute atomic E-state index is 0.198. The molecule has 0 aromatic carbocycles. The molecule has 0 spiro atoms. The summed E-state index contributed by atoms with van der Waals surface area (Å²) >= 11 is 0. The standard InChI is InChI=1S/C13H20N4O/c1-10(6-7-12-5-4-8-18-12)15-11(2)13-16-14-9-17(13)3/h4-5,8-11,15H,6-7H2,1-3H3. The molecule has 0 aliphatic carbocycles. The second-order valence-electron chi connectivity index (χ2n) is 4.71. The molecule has 0 amide bonds. The van der Waals surface area contributed by atoms with E-state index >= 15 is 0 Å². The van der Waals surface area contributed by atoms with E-state index in [9.17, 15) is 0 Å². The van der Waals surface area contributed by atoms with Crippen LogP contribution in [0.1, 0.15) is 37.9 Å². The Bertz CT molecular complexity index is 463. The van der Waals surface area contributed by atoms with Crippen LogP contribution in [0.3, 0.4) is 0 Å². The first-order valence-corrected chi connectivity index (χ1v) is 6.29. The predicted molar refractivity (Wildman–Crippen MR) is 69.0 cm³/mol. The SMILES string of the molecule is CC(CCc1ccco1)NC(C)c1nncn1C. The lowest BCUT2D eigenvalue weighted by Crippen LogP contribution is -2.30. The molecule has 0 fully saturated rings. The topological polar surface area (TPSA) is 55.9 Å². The first-order chi connectivity index (χ1) is 8.66. The van der Waals surface area contributed by atoms with Crippen LogP contribution in [0.5, 0.6) is 0 Å². The van der Waals surface area contributed by atoms with Crippen molar-refractivity contribution < 1.29 is 4.42 Å². The highest BCUT2D eigenvalue weighted by molar-refractivity contribution is 4.99. The number of aromatic nitrogens is 3. The van der Waals surface area contributed by atoms with Crippen LogP contribution in [0, 0.1) is 0 Å². The largest absolute Gasteiger partial charge is 0.469 e. The Balaban J connectivity index is 1.80. The lowest BCUT2D eigenvalue weighted by atomic mass is 10.1. The Morgan fingerprint density at radius 1 is 1.44 bits per heavy atom. The molecule has 0 aliphatic rings. The van der Waals surface area contributed by atoms with Gasteiger partial charge in [0.25, 0.3) is 0 Å². The van der Waals surface area contributed by atoms with E-state index in [2.05, 4.69) is 29.4 Å². The van der Waals surface area contributed by atoms with Crippen molar-refractivity contribution in [3.63, 3.8) is 0 Å². The first-order valence-electron chi connectivity index (χ1n) is 6.29. The van der Waals surface area contributed by atoms with Crippen LogP contribution in [0.2, 0.25) is 0 Å². The van der Waals surface area contributed by atoms with Gasteiger partial charge in [-0.1, -0.05) is 0 Å². The Morgan fingerprint density at radius 3 is 2.89 bits per heavy atom. The fourth-order valence-electron chi connectivity index (χ4n) is 2.08. The summed E-state index contributed by atoms with van der Waals surface area (Å²) in [6.45, 7) is 4.28. The number of furan rings is 1. The number of hydrogen-bond donors (Lipinski definition) is 1. The molecule has 0 radical (unpaired) electrons. The van der Waals surface area contributed by atoms with Gasteiger partial charge < -0.3 is 14.3 Å². The van der Waals surface area contributed by atoms with E-state index in [1.54, 1.807) is 12.6 Å². The van der Waals surface area contributed by atoms with Gasteiger partial charge >= 0.3 is 0 Å². The highest BCUT2D eigenvalue weighted by Gasteiger charge is 2.14. The number of nitrogens with one attached hydrogen (secondary N) is 1. The molecule has 5 heteroatoms. The minimum atomic E-state index is 0.198. The van der Waals surface area contributed by atoms with Crippen molar-refractivity contribution in [3.8, 4) is 0 Å². The van der Waals surface area contributed by atoms with Gasteiger partial charge in [-0.3, -0.25) is 0 Å². The monoisotopic (exact) mass is 248 g/mol. The average Bonchev–Trinajstić information content (AvgIpc) is 2.97. The highest BCUT2D eigenvalue weighted by atomic mass is 16.3. The van der Waals surface area contributed by atoms with Gasteiger partial charge in [-0.05, 0) is 32.4 Å². The van der Waals surface area contributed by atoms with Gasteiger partial charge in [0.05, 0.1) is 12.3 Å². The number of hydrogen-bond acceptors (Lipinski definition) is 4. The van der Waals surface area contributed by atoms with Crippen molar-refractivity contribution in [2.24, 2.45) is 7.05 Å². The van der Waals surface area contributed by atoms with Gasteiger partial charge in [-0.2, -0.15) is 0 Å². The average molecular weight is 248 g/mol. The van der Waals surface area contributed by atoms with E-state index in [-0.39, 0.29) is 6.04 Å². The normalized spacial score (nSPS) is 14.6. The Labute approximate surface area is 107 Å². The molecule has 2 aromatic heterocycles. The van der Waals surface area contributed by atoms with Gasteiger partial charge in [0, 0.05) is 19.5 Å². The quantitative estimate of drug-likeness (QED) is 0.850. The van der Waals surface area contributed by atoms with E-state index in [0.717, 1.165) is 24.4 Å². The van der Waals surface area contributed by atoms with Crippen LogP contribution in [-0.2, 0) is 13.5 Å². The predicted octanol–water partition coefficient (Wildman–Crippen LogP) is 2.08. The first kappa shape index (κ1) is 12.8. The zero-order valence-electron chi connectivity index (χ0n) is 11.1. The van der Waals surface area contributed by atoms with Crippen molar-refractivity contribution in [2.45, 2.75) is 38.8 Å². The maximum Gasteiger partial charge on any atom is 0.149 e. The van der Waals surface area contributed by atoms with Crippen molar-refractivity contribution in [1.82, 2.24) is 20.1 Å². The summed E-state index contributed by atoms with van der Waals surface area (Å²) in [5, 5.41) is 11.5. The van der Waals surface area contributed by atoms with E-state index in [1.807, 2.05) is 23.7 Å². The summed E-state index contributed by atoms with van der Waals surface area (Å²) < 4.78 is 7.27. The van der Waals surface area contributed by atoms with Crippen molar-refractivity contribution in [3.05, 3.63) is 36.3 Å². The van der Waals surface area contributed by atoms with Gasteiger partial charge in [0.2, 0.25) is 0 Å². The van der Waals surface area contributed by atoms with Crippen LogP contribution in [-0.4, -0.2) is 20.8 Å². The molecule has 2 aromatic rings. The third-order valence-corrected chi connectivity index (χ3v) is 3.07. The maximum absolute atomic E-state index is 5.33. The van der Waals surface area contributed by atoms with Crippen LogP contribution in [0.4, 0.5) is 0 Å². The molecule has 2 rings (SSSR count). The van der Waals surface area contributed by atoms with Crippen LogP contribution < -0.4 is 5.32 Å². The Hall–Kier alpha value is -1.62. The second-order valence-corrected chi connectivity index (χ2v) is 4.71. The van der Waals surface area contributed by atoms with E-state index in [0.29, 0.717) is 6.04 Å².